The molecule has 1 saturated carbocycles. The molecule has 3 aromatic carbocycles. The Balaban J connectivity index is 1.59. The third kappa shape index (κ3) is 2.60. The van der Waals surface area contributed by atoms with E-state index in [4.69, 9.17) is 5.79 Å². The first-order valence-corrected chi connectivity index (χ1v) is 10.9. The topological polar surface area (TPSA) is 17.0 Å². The average molecular weight is 394 g/mol. The van der Waals surface area contributed by atoms with E-state index in [1.165, 1.54) is 27.1 Å². The lowest BCUT2D eigenvalue weighted by Gasteiger charge is -2.11. The van der Waals surface area contributed by atoms with Crippen LogP contribution in [-0.2, 0) is 7.05 Å². The first kappa shape index (κ1) is 16.6. The van der Waals surface area contributed by atoms with Gasteiger partial charge in [-0.1, -0.05) is 43.2 Å². The molecule has 5 aromatic rings. The number of hydrogen-bond acceptors (Lipinski definition) is 1. The zero-order valence-electron chi connectivity index (χ0n) is 18.5. The predicted octanol–water partition coefficient (Wildman–Crippen LogP) is 7.20. The van der Waals surface area contributed by atoms with Gasteiger partial charge in [0.25, 0.3) is 0 Å². The van der Waals surface area contributed by atoms with E-state index in [0.717, 1.165) is 53.7 Å². The van der Waals surface area contributed by atoms with E-state index in [-0.39, 0.29) is 0 Å². The standard InChI is InChI=1S/C28H26NO/c1-18-22(25-17-21(15-16-29(25)2)19-7-3-4-8-19)12-13-24-27-23-10-6-5-9-20(23)11-14-26(27)30-28(18)24/h5-6,9-17,19H,3-4,7-8H2,1-2H3/q+1/i19D. The zero-order chi connectivity index (χ0) is 21.2. The van der Waals surface area contributed by atoms with Crippen LogP contribution < -0.4 is 4.57 Å². The molecule has 0 radical (unpaired) electrons. The van der Waals surface area contributed by atoms with E-state index < -0.39 is 5.89 Å². The van der Waals surface area contributed by atoms with Crippen molar-refractivity contribution in [3.05, 3.63) is 78.0 Å². The lowest BCUT2D eigenvalue weighted by atomic mass is 9.94. The Morgan fingerprint density at radius 3 is 2.67 bits per heavy atom. The third-order valence-corrected chi connectivity index (χ3v) is 6.82. The predicted molar refractivity (Wildman–Crippen MR) is 124 cm³/mol. The van der Waals surface area contributed by atoms with Gasteiger partial charge in [0.2, 0.25) is 5.69 Å². The van der Waals surface area contributed by atoms with Crippen molar-refractivity contribution in [2.75, 3.05) is 0 Å². The van der Waals surface area contributed by atoms with Crippen LogP contribution in [-0.4, -0.2) is 0 Å². The maximum Gasteiger partial charge on any atom is 0.212 e. The van der Waals surface area contributed by atoms with Crippen LogP contribution in [0.3, 0.4) is 0 Å². The number of fused-ring (bicyclic) bond motifs is 5. The minimum Gasteiger partial charge on any atom is -0.456 e. The van der Waals surface area contributed by atoms with Gasteiger partial charge in [0.1, 0.15) is 18.2 Å². The maximum atomic E-state index is 8.96. The number of furan rings is 1. The Morgan fingerprint density at radius 2 is 1.80 bits per heavy atom. The Morgan fingerprint density at radius 1 is 0.967 bits per heavy atom. The normalized spacial score (nSPS) is 16.5. The Bertz CT molecular complexity index is 1470. The summed E-state index contributed by atoms with van der Waals surface area (Å²) >= 11 is 0. The van der Waals surface area contributed by atoms with Crippen LogP contribution in [0.4, 0.5) is 0 Å². The number of hydrogen-bond donors (Lipinski definition) is 0. The van der Waals surface area contributed by atoms with E-state index in [1.807, 2.05) is 0 Å². The Labute approximate surface area is 178 Å². The highest BCUT2D eigenvalue weighted by molar-refractivity contribution is 6.19. The molecule has 0 spiro atoms. The van der Waals surface area contributed by atoms with Crippen LogP contribution in [0.5, 0.6) is 0 Å². The molecule has 1 fully saturated rings. The maximum absolute atomic E-state index is 8.96. The zero-order valence-corrected chi connectivity index (χ0v) is 17.5. The number of pyridine rings is 1. The molecule has 0 unspecified atom stereocenters. The van der Waals surface area contributed by atoms with Crippen molar-refractivity contribution in [3.8, 4) is 11.3 Å². The van der Waals surface area contributed by atoms with Gasteiger partial charge in [-0.2, -0.15) is 0 Å². The van der Waals surface area contributed by atoms with Crippen molar-refractivity contribution in [3.63, 3.8) is 0 Å². The van der Waals surface area contributed by atoms with Crippen molar-refractivity contribution in [2.24, 2.45) is 7.05 Å². The van der Waals surface area contributed by atoms with Gasteiger partial charge in [-0.25, -0.2) is 4.57 Å². The molecule has 0 atom stereocenters. The molecule has 2 heteroatoms. The van der Waals surface area contributed by atoms with E-state index in [1.54, 1.807) is 0 Å². The number of nitrogens with zero attached hydrogens (tertiary/aromatic N) is 1. The molecule has 0 amide bonds. The molecule has 2 nitrogen and oxygen atoms in total. The van der Waals surface area contributed by atoms with Gasteiger partial charge in [-0.05, 0) is 60.2 Å². The molecule has 0 aliphatic heterocycles. The molecule has 6 rings (SSSR count). The number of aryl methyl sites for hydroxylation is 2. The van der Waals surface area contributed by atoms with Gasteiger partial charge in [-0.15, -0.1) is 0 Å². The molecule has 2 heterocycles. The van der Waals surface area contributed by atoms with E-state index >= 15 is 0 Å². The molecule has 148 valence electrons. The van der Waals surface area contributed by atoms with E-state index in [0.29, 0.717) is 0 Å². The molecule has 1 aliphatic rings. The molecule has 2 aromatic heterocycles. The molecule has 1 aliphatic carbocycles. The SMILES string of the molecule is [2H]C1(c2cc[n+](C)c(-c3ccc4c(oc5ccc6ccccc6c54)c3C)c2)CCCC1. The summed E-state index contributed by atoms with van der Waals surface area (Å²) < 4.78 is 17.5. The summed E-state index contributed by atoms with van der Waals surface area (Å²) in [5.74, 6) is -0.445. The summed E-state index contributed by atoms with van der Waals surface area (Å²) in [5.41, 5.74) is 6.48. The number of aromatic nitrogens is 1. The van der Waals surface area contributed by atoms with Crippen molar-refractivity contribution < 1.29 is 10.4 Å². The summed E-state index contributed by atoms with van der Waals surface area (Å²) in [6, 6.07) is 21.5. The third-order valence-electron chi connectivity index (χ3n) is 6.82. The highest BCUT2D eigenvalue weighted by atomic mass is 16.3. The highest BCUT2D eigenvalue weighted by Gasteiger charge is 2.23. The molecule has 0 bridgehead atoms. The molecular weight excluding hydrogens is 366 g/mol. The van der Waals surface area contributed by atoms with E-state index in [2.05, 4.69) is 85.4 Å². The first-order valence-electron chi connectivity index (χ1n) is 11.4. The Hall–Kier alpha value is -3.13. The summed E-state index contributed by atoms with van der Waals surface area (Å²) in [6.07, 6.45) is 6.31. The highest BCUT2D eigenvalue weighted by Crippen LogP contribution is 2.39. The van der Waals surface area contributed by atoms with Crippen LogP contribution in [0, 0.1) is 6.92 Å². The van der Waals surface area contributed by atoms with Gasteiger partial charge in [-0.3, -0.25) is 0 Å². The summed E-state index contributed by atoms with van der Waals surface area (Å²) in [7, 11) is 2.08. The van der Waals surface area contributed by atoms with Crippen LogP contribution >= 0.6 is 0 Å². The molecule has 0 N–H and O–H groups in total. The second kappa shape index (κ2) is 6.70. The summed E-state index contributed by atoms with van der Waals surface area (Å²) in [5, 5.41) is 4.82. The van der Waals surface area contributed by atoms with E-state index in [9.17, 15) is 0 Å². The number of benzene rings is 3. The largest absolute Gasteiger partial charge is 0.456 e. The van der Waals surface area contributed by atoms with Gasteiger partial charge in [0, 0.05) is 29.8 Å². The van der Waals surface area contributed by atoms with Crippen molar-refractivity contribution in [1.29, 1.82) is 0 Å². The Kier molecular flexibility index (Phi) is 3.72. The quantitative estimate of drug-likeness (QED) is 0.290. The lowest BCUT2D eigenvalue weighted by Crippen LogP contribution is -2.31. The van der Waals surface area contributed by atoms with Crippen molar-refractivity contribution in [2.45, 2.75) is 38.5 Å². The second-order valence-electron chi connectivity index (χ2n) is 8.60. The summed E-state index contributed by atoms with van der Waals surface area (Å²) in [4.78, 5) is 0. The monoisotopic (exact) mass is 393 g/mol. The van der Waals surface area contributed by atoms with Crippen LogP contribution in [0.1, 0.15) is 44.1 Å². The van der Waals surface area contributed by atoms with Gasteiger partial charge in [0.15, 0.2) is 6.20 Å². The summed E-state index contributed by atoms with van der Waals surface area (Å²) in [6.45, 7) is 2.15. The van der Waals surface area contributed by atoms with Gasteiger partial charge >= 0.3 is 0 Å². The first-order chi connectivity index (χ1) is 15.0. The molecule has 0 saturated heterocycles. The second-order valence-corrected chi connectivity index (χ2v) is 8.60. The smallest absolute Gasteiger partial charge is 0.212 e. The fraction of sp³-hybridized carbons (Fsp3) is 0.250. The minimum atomic E-state index is -0.445. The van der Waals surface area contributed by atoms with Crippen molar-refractivity contribution in [1.82, 2.24) is 0 Å². The fourth-order valence-electron chi connectivity index (χ4n) is 5.17. The number of rotatable bonds is 2. The van der Waals surface area contributed by atoms with Crippen LogP contribution in [0.25, 0.3) is 44.0 Å². The van der Waals surface area contributed by atoms with Crippen LogP contribution in [0.15, 0.2) is 71.3 Å². The average Bonchev–Trinajstić information content (AvgIpc) is 3.40. The fourth-order valence-corrected chi connectivity index (χ4v) is 5.17. The van der Waals surface area contributed by atoms with Gasteiger partial charge in [0.05, 0.1) is 5.56 Å². The molecule has 30 heavy (non-hydrogen) atoms. The van der Waals surface area contributed by atoms with Crippen LogP contribution in [0.2, 0.25) is 0 Å². The van der Waals surface area contributed by atoms with Crippen molar-refractivity contribution >= 4 is 32.7 Å². The van der Waals surface area contributed by atoms with Gasteiger partial charge < -0.3 is 4.42 Å². The molecular formula is C28H26NO+. The lowest BCUT2D eigenvalue weighted by molar-refractivity contribution is -0.660. The minimum absolute atomic E-state index is 0.445.